The Morgan fingerprint density at radius 2 is 1.79 bits per heavy atom. The van der Waals surface area contributed by atoms with E-state index in [2.05, 4.69) is 17.1 Å². The third kappa shape index (κ3) is 3.23. The number of anilines is 1. The maximum atomic E-state index is 13.0. The van der Waals surface area contributed by atoms with Crippen LogP contribution in [-0.2, 0) is 4.79 Å². The van der Waals surface area contributed by atoms with Crippen molar-refractivity contribution in [2.75, 3.05) is 38.6 Å². The predicted octanol–water partition coefficient (Wildman–Crippen LogP) is 2.44. The zero-order valence-electron chi connectivity index (χ0n) is 16.6. The van der Waals surface area contributed by atoms with Gasteiger partial charge >= 0.3 is 0 Å². The molecule has 2 fully saturated rings. The molecule has 0 aliphatic carbocycles. The highest BCUT2D eigenvalue weighted by atomic mass is 16.2. The molecule has 4 rings (SSSR count). The molecule has 6 heteroatoms. The number of carbonyl (C=O) groups excluding carboxylic acids is 2. The zero-order valence-corrected chi connectivity index (χ0v) is 16.6. The van der Waals surface area contributed by atoms with Gasteiger partial charge in [0.2, 0.25) is 5.91 Å². The van der Waals surface area contributed by atoms with E-state index in [9.17, 15) is 9.59 Å². The van der Waals surface area contributed by atoms with Gasteiger partial charge in [0.1, 0.15) is 5.82 Å². The second-order valence-electron chi connectivity index (χ2n) is 7.96. The molecule has 0 spiro atoms. The largest absolute Gasteiger partial charge is 0.363 e. The molecule has 3 atom stereocenters. The quantitative estimate of drug-likeness (QED) is 0.823. The van der Waals surface area contributed by atoms with Gasteiger partial charge in [-0.3, -0.25) is 9.59 Å². The van der Waals surface area contributed by atoms with Gasteiger partial charge in [-0.2, -0.15) is 0 Å². The van der Waals surface area contributed by atoms with Crippen molar-refractivity contribution in [1.82, 2.24) is 14.8 Å². The standard InChI is InChI=1S/C22H26N4O2/c1-15(27)26-13-18-12-25(14-19(18)21(26)16-7-5-4-6-8-16)22(28)17-9-10-20(23-11-17)24(2)3/h4-11,18-19,21H,12-14H2,1-3H3/t18-,19-,21+/m1/s1. The monoisotopic (exact) mass is 378 g/mol. The first kappa shape index (κ1) is 18.5. The highest BCUT2D eigenvalue weighted by Crippen LogP contribution is 2.45. The van der Waals surface area contributed by atoms with Crippen LogP contribution in [0.2, 0.25) is 0 Å². The summed E-state index contributed by atoms with van der Waals surface area (Å²) in [6, 6.07) is 13.9. The number of carbonyl (C=O) groups is 2. The van der Waals surface area contributed by atoms with E-state index in [0.717, 1.165) is 11.4 Å². The number of pyridine rings is 1. The lowest BCUT2D eigenvalue weighted by molar-refractivity contribution is -0.130. The van der Waals surface area contributed by atoms with Gasteiger partial charge in [-0.15, -0.1) is 0 Å². The molecule has 2 saturated heterocycles. The Hall–Kier alpha value is -2.89. The zero-order chi connectivity index (χ0) is 19.8. The molecule has 2 aliphatic heterocycles. The van der Waals surface area contributed by atoms with Crippen LogP contribution in [0.1, 0.15) is 28.9 Å². The van der Waals surface area contributed by atoms with Crippen LogP contribution in [0.15, 0.2) is 48.7 Å². The summed E-state index contributed by atoms with van der Waals surface area (Å²) >= 11 is 0. The summed E-state index contributed by atoms with van der Waals surface area (Å²) in [5, 5.41) is 0. The smallest absolute Gasteiger partial charge is 0.255 e. The maximum Gasteiger partial charge on any atom is 0.255 e. The Balaban J connectivity index is 1.54. The minimum Gasteiger partial charge on any atom is -0.363 e. The number of nitrogens with zero attached hydrogens (tertiary/aromatic N) is 4. The number of hydrogen-bond donors (Lipinski definition) is 0. The number of fused-ring (bicyclic) bond motifs is 1. The third-order valence-electron chi connectivity index (χ3n) is 5.95. The minimum absolute atomic E-state index is 0.0217. The summed E-state index contributed by atoms with van der Waals surface area (Å²) in [5.41, 5.74) is 1.77. The van der Waals surface area contributed by atoms with Crippen molar-refractivity contribution in [3.8, 4) is 0 Å². The fourth-order valence-corrected chi connectivity index (χ4v) is 4.57. The molecule has 0 unspecified atom stereocenters. The number of rotatable bonds is 3. The molecule has 146 valence electrons. The fraction of sp³-hybridized carbons (Fsp3) is 0.409. The maximum absolute atomic E-state index is 13.0. The molecule has 6 nitrogen and oxygen atoms in total. The second-order valence-corrected chi connectivity index (χ2v) is 7.96. The van der Waals surface area contributed by atoms with Crippen molar-refractivity contribution in [3.63, 3.8) is 0 Å². The molecule has 3 heterocycles. The molecule has 2 aromatic rings. The predicted molar refractivity (Wildman–Crippen MR) is 108 cm³/mol. The van der Waals surface area contributed by atoms with Crippen LogP contribution in [0.4, 0.5) is 5.82 Å². The van der Waals surface area contributed by atoms with E-state index in [1.807, 2.05) is 59.1 Å². The molecule has 1 aromatic heterocycles. The van der Waals surface area contributed by atoms with Crippen LogP contribution in [0.3, 0.4) is 0 Å². The number of aromatic nitrogens is 1. The second kappa shape index (κ2) is 7.26. The minimum atomic E-state index is 0.0217. The lowest BCUT2D eigenvalue weighted by Crippen LogP contribution is -2.36. The first-order chi connectivity index (χ1) is 13.5. The van der Waals surface area contributed by atoms with E-state index in [1.165, 1.54) is 0 Å². The summed E-state index contributed by atoms with van der Waals surface area (Å²) in [5.74, 6) is 1.53. The number of hydrogen-bond acceptors (Lipinski definition) is 4. The highest BCUT2D eigenvalue weighted by molar-refractivity contribution is 5.94. The Morgan fingerprint density at radius 1 is 1.04 bits per heavy atom. The number of likely N-dealkylation sites (tertiary alicyclic amines) is 2. The van der Waals surface area contributed by atoms with Gasteiger partial charge in [-0.1, -0.05) is 30.3 Å². The number of amides is 2. The lowest BCUT2D eigenvalue weighted by Gasteiger charge is -2.29. The van der Waals surface area contributed by atoms with Crippen molar-refractivity contribution in [3.05, 3.63) is 59.8 Å². The Bertz CT molecular complexity index is 866. The first-order valence-electron chi connectivity index (χ1n) is 9.70. The fourth-order valence-electron chi connectivity index (χ4n) is 4.57. The molecule has 2 amide bonds. The molecule has 28 heavy (non-hydrogen) atoms. The molecule has 1 aromatic carbocycles. The van der Waals surface area contributed by atoms with Gasteiger partial charge in [-0.05, 0) is 17.7 Å². The lowest BCUT2D eigenvalue weighted by atomic mass is 9.89. The molecule has 0 bridgehead atoms. The van der Waals surface area contributed by atoms with Crippen LogP contribution in [0.5, 0.6) is 0 Å². The van der Waals surface area contributed by atoms with Gasteiger partial charge in [0, 0.05) is 58.7 Å². The van der Waals surface area contributed by atoms with E-state index in [1.54, 1.807) is 13.1 Å². The molecule has 0 N–H and O–H groups in total. The summed E-state index contributed by atoms with van der Waals surface area (Å²) in [6.45, 7) is 3.70. The van der Waals surface area contributed by atoms with Gasteiger partial charge in [0.15, 0.2) is 0 Å². The van der Waals surface area contributed by atoms with E-state index in [-0.39, 0.29) is 23.8 Å². The summed E-state index contributed by atoms with van der Waals surface area (Å²) in [7, 11) is 3.85. The van der Waals surface area contributed by atoms with Crippen LogP contribution in [-0.4, -0.2) is 60.3 Å². The van der Waals surface area contributed by atoms with E-state index in [0.29, 0.717) is 31.1 Å². The first-order valence-corrected chi connectivity index (χ1v) is 9.70. The SMILES string of the molecule is CC(=O)N1C[C@H]2CN(C(=O)c3ccc(N(C)C)nc3)C[C@H]2[C@@H]1c1ccccc1. The van der Waals surface area contributed by atoms with Crippen molar-refractivity contribution in [1.29, 1.82) is 0 Å². The van der Waals surface area contributed by atoms with Gasteiger partial charge in [0.25, 0.3) is 5.91 Å². The average molecular weight is 378 g/mol. The summed E-state index contributed by atoms with van der Waals surface area (Å²) < 4.78 is 0. The van der Waals surface area contributed by atoms with Crippen molar-refractivity contribution >= 4 is 17.6 Å². The van der Waals surface area contributed by atoms with Crippen LogP contribution in [0.25, 0.3) is 0 Å². The summed E-state index contributed by atoms with van der Waals surface area (Å²) in [6.07, 6.45) is 1.66. The average Bonchev–Trinajstić information content (AvgIpc) is 3.26. The summed E-state index contributed by atoms with van der Waals surface area (Å²) in [4.78, 5) is 35.4. The van der Waals surface area contributed by atoms with Crippen molar-refractivity contribution in [2.24, 2.45) is 11.8 Å². The van der Waals surface area contributed by atoms with E-state index in [4.69, 9.17) is 0 Å². The van der Waals surface area contributed by atoms with Crippen LogP contribution in [0, 0.1) is 11.8 Å². The van der Waals surface area contributed by atoms with Crippen molar-refractivity contribution < 1.29 is 9.59 Å². The molecule has 2 aliphatic rings. The van der Waals surface area contributed by atoms with Gasteiger partial charge < -0.3 is 14.7 Å². The highest BCUT2D eigenvalue weighted by Gasteiger charge is 2.49. The van der Waals surface area contributed by atoms with E-state index >= 15 is 0 Å². The van der Waals surface area contributed by atoms with Crippen molar-refractivity contribution in [2.45, 2.75) is 13.0 Å². The Labute approximate surface area is 165 Å². The molecular weight excluding hydrogens is 352 g/mol. The number of benzene rings is 1. The molecule has 0 radical (unpaired) electrons. The van der Waals surface area contributed by atoms with E-state index < -0.39 is 0 Å². The third-order valence-corrected chi connectivity index (χ3v) is 5.95. The topological polar surface area (TPSA) is 56.8 Å². The Kier molecular flexibility index (Phi) is 4.79. The molecular formula is C22H26N4O2. The van der Waals surface area contributed by atoms with Gasteiger partial charge in [0.05, 0.1) is 11.6 Å². The molecule has 0 saturated carbocycles. The normalized spacial score (nSPS) is 23.6. The van der Waals surface area contributed by atoms with Crippen LogP contribution < -0.4 is 4.90 Å². The van der Waals surface area contributed by atoms with Gasteiger partial charge in [-0.25, -0.2) is 4.98 Å². The van der Waals surface area contributed by atoms with Crippen LogP contribution >= 0.6 is 0 Å². The Morgan fingerprint density at radius 3 is 2.39 bits per heavy atom.